The molecule has 0 saturated carbocycles. The van der Waals surface area contributed by atoms with Crippen LogP contribution in [0, 0.1) is 11.3 Å². The molecule has 4 aliphatic rings. The monoisotopic (exact) mass is 415 g/mol. The Labute approximate surface area is 178 Å². The molecule has 30 heavy (non-hydrogen) atoms. The molecule has 4 nitrogen and oxygen atoms in total. The van der Waals surface area contributed by atoms with E-state index in [-0.39, 0.29) is 35.1 Å². The summed E-state index contributed by atoms with van der Waals surface area (Å²) >= 11 is 6.13. The van der Waals surface area contributed by atoms with E-state index in [1.807, 2.05) is 31.2 Å². The number of phenolic OH excluding ortho intramolecular Hbond substituents is 1. The number of hydrogen-bond donors (Lipinski definition) is 1. The summed E-state index contributed by atoms with van der Waals surface area (Å²) in [6.07, 6.45) is 0. The first-order valence-corrected chi connectivity index (χ1v) is 10.4. The molecule has 148 valence electrons. The minimum Gasteiger partial charge on any atom is -0.506 e. The Bertz CT molecular complexity index is 1220. The molecule has 1 saturated heterocycles. The molecule has 1 N–H and O–H groups in total. The van der Waals surface area contributed by atoms with Crippen molar-refractivity contribution in [3.8, 4) is 5.75 Å². The zero-order valence-electron chi connectivity index (χ0n) is 16.2. The van der Waals surface area contributed by atoms with E-state index < -0.39 is 11.3 Å². The summed E-state index contributed by atoms with van der Waals surface area (Å²) in [4.78, 5) is 28.8. The van der Waals surface area contributed by atoms with Crippen LogP contribution in [0.4, 0.5) is 5.69 Å². The van der Waals surface area contributed by atoms with Crippen LogP contribution in [0.25, 0.3) is 0 Å². The molecule has 2 bridgehead atoms. The van der Waals surface area contributed by atoms with E-state index >= 15 is 0 Å². The van der Waals surface area contributed by atoms with Gasteiger partial charge in [0.2, 0.25) is 11.8 Å². The SMILES string of the molecule is C[C@@]12C(=O)N(c3cc(Cl)ccc3O)C(=O)[C@@H]1C1c3ccccc3C2c2ccccc21. The molecule has 5 heteroatoms. The van der Waals surface area contributed by atoms with Crippen molar-refractivity contribution in [3.05, 3.63) is 94.0 Å². The third kappa shape index (κ3) is 1.93. The van der Waals surface area contributed by atoms with Gasteiger partial charge in [0, 0.05) is 16.9 Å². The number of amides is 2. The quantitative estimate of drug-likeness (QED) is 0.579. The predicted molar refractivity (Wildman–Crippen MR) is 114 cm³/mol. The summed E-state index contributed by atoms with van der Waals surface area (Å²) in [5.74, 6) is -1.64. The summed E-state index contributed by atoms with van der Waals surface area (Å²) in [5, 5.41) is 10.8. The normalized spacial score (nSPS) is 28.3. The zero-order valence-corrected chi connectivity index (χ0v) is 16.9. The Morgan fingerprint density at radius 1 is 0.900 bits per heavy atom. The van der Waals surface area contributed by atoms with E-state index in [2.05, 4.69) is 24.3 Å². The van der Waals surface area contributed by atoms with Gasteiger partial charge in [-0.1, -0.05) is 60.1 Å². The first kappa shape index (κ1) is 17.7. The highest BCUT2D eigenvalue weighted by molar-refractivity contribution is 6.32. The minimum absolute atomic E-state index is 0.134. The van der Waals surface area contributed by atoms with Gasteiger partial charge in [0.25, 0.3) is 0 Å². The number of anilines is 1. The fourth-order valence-corrected chi connectivity index (χ4v) is 6.19. The first-order valence-electron chi connectivity index (χ1n) is 9.99. The van der Waals surface area contributed by atoms with Crippen molar-refractivity contribution in [3.63, 3.8) is 0 Å². The van der Waals surface area contributed by atoms with Crippen LogP contribution in [0.3, 0.4) is 0 Å². The van der Waals surface area contributed by atoms with Crippen molar-refractivity contribution in [2.45, 2.75) is 18.8 Å². The number of halogens is 1. The van der Waals surface area contributed by atoms with Crippen LogP contribution in [0.15, 0.2) is 66.7 Å². The molecule has 0 radical (unpaired) electrons. The number of imide groups is 1. The largest absolute Gasteiger partial charge is 0.506 e. The van der Waals surface area contributed by atoms with Gasteiger partial charge in [-0.05, 0) is 47.4 Å². The lowest BCUT2D eigenvalue weighted by Crippen LogP contribution is -2.49. The topological polar surface area (TPSA) is 57.6 Å². The van der Waals surface area contributed by atoms with Crippen molar-refractivity contribution in [2.24, 2.45) is 11.3 Å². The summed E-state index contributed by atoms with van der Waals surface area (Å²) in [5.41, 5.74) is 3.67. The number of aromatic hydroxyl groups is 1. The third-order valence-corrected chi connectivity index (χ3v) is 7.43. The maximum absolute atomic E-state index is 13.9. The number of rotatable bonds is 1. The second kappa shape index (κ2) is 5.73. The Morgan fingerprint density at radius 2 is 1.47 bits per heavy atom. The highest BCUT2D eigenvalue weighted by Crippen LogP contribution is 2.67. The van der Waals surface area contributed by atoms with E-state index in [0.29, 0.717) is 5.02 Å². The molecule has 3 aromatic carbocycles. The van der Waals surface area contributed by atoms with Gasteiger partial charge in [0.15, 0.2) is 0 Å². The van der Waals surface area contributed by atoms with E-state index in [0.717, 1.165) is 27.2 Å². The second-order valence-electron chi connectivity index (χ2n) is 8.54. The standard InChI is InChI=1S/C25H18ClNO3/c1-25-21-16-8-4-2-6-14(16)20(15-7-3-5-9-17(15)21)22(25)23(29)27(24(25)30)18-12-13(26)10-11-19(18)28/h2-12,20-22,28H,1H3/t20?,21?,22-,25-/m0/s1. The van der Waals surface area contributed by atoms with Crippen molar-refractivity contribution >= 4 is 29.1 Å². The zero-order chi connectivity index (χ0) is 20.8. The van der Waals surface area contributed by atoms with E-state index in [1.54, 1.807) is 0 Å². The lowest BCUT2D eigenvalue weighted by atomic mass is 9.48. The molecule has 1 fully saturated rings. The van der Waals surface area contributed by atoms with Crippen molar-refractivity contribution in [2.75, 3.05) is 4.90 Å². The van der Waals surface area contributed by atoms with Crippen molar-refractivity contribution in [1.82, 2.24) is 0 Å². The molecule has 2 atom stereocenters. The van der Waals surface area contributed by atoms with Gasteiger partial charge in [-0.25, -0.2) is 4.90 Å². The van der Waals surface area contributed by atoms with Gasteiger partial charge >= 0.3 is 0 Å². The average Bonchev–Trinajstić information content (AvgIpc) is 2.96. The molecule has 7 rings (SSSR count). The number of phenols is 1. The molecule has 1 heterocycles. The van der Waals surface area contributed by atoms with E-state index in [9.17, 15) is 14.7 Å². The Balaban J connectivity index is 1.63. The molecule has 0 aromatic heterocycles. The third-order valence-electron chi connectivity index (χ3n) is 7.19. The Kier molecular flexibility index (Phi) is 3.39. The second-order valence-corrected chi connectivity index (χ2v) is 8.98. The Hall–Kier alpha value is -3.11. The fourth-order valence-electron chi connectivity index (χ4n) is 6.02. The molecule has 0 spiro atoms. The molecule has 2 amide bonds. The minimum atomic E-state index is -0.931. The molecule has 0 unspecified atom stereocenters. The summed E-state index contributed by atoms with van der Waals surface area (Å²) in [6, 6.07) is 20.7. The van der Waals surface area contributed by atoms with Crippen molar-refractivity contribution < 1.29 is 14.7 Å². The van der Waals surface area contributed by atoms with Gasteiger partial charge in [-0.15, -0.1) is 0 Å². The van der Waals surface area contributed by atoms with Crippen LogP contribution in [0.5, 0.6) is 5.75 Å². The first-order chi connectivity index (χ1) is 14.4. The highest BCUT2D eigenvalue weighted by atomic mass is 35.5. The molecular formula is C25H18ClNO3. The number of benzene rings is 3. The van der Waals surface area contributed by atoms with Crippen LogP contribution in [-0.2, 0) is 9.59 Å². The van der Waals surface area contributed by atoms with Crippen LogP contribution in [0.2, 0.25) is 5.02 Å². The average molecular weight is 416 g/mol. The molecular weight excluding hydrogens is 398 g/mol. The van der Waals surface area contributed by atoms with Crippen molar-refractivity contribution in [1.29, 1.82) is 0 Å². The summed E-state index contributed by atoms with van der Waals surface area (Å²) in [6.45, 7) is 1.91. The molecule has 3 aliphatic carbocycles. The van der Waals surface area contributed by atoms with Gasteiger partial charge in [0.1, 0.15) is 5.75 Å². The highest BCUT2D eigenvalue weighted by Gasteiger charge is 2.69. The van der Waals surface area contributed by atoms with Gasteiger partial charge < -0.3 is 5.11 Å². The number of carbonyl (C=O) groups is 2. The number of hydrogen-bond acceptors (Lipinski definition) is 3. The lowest BCUT2D eigenvalue weighted by molar-refractivity contribution is -0.128. The maximum Gasteiger partial charge on any atom is 0.241 e. The fraction of sp³-hybridized carbons (Fsp3) is 0.200. The number of nitrogens with zero attached hydrogens (tertiary/aromatic N) is 1. The number of carbonyl (C=O) groups excluding carboxylic acids is 2. The van der Waals surface area contributed by atoms with Crippen LogP contribution >= 0.6 is 11.6 Å². The van der Waals surface area contributed by atoms with Crippen LogP contribution in [-0.4, -0.2) is 16.9 Å². The summed E-state index contributed by atoms with van der Waals surface area (Å²) < 4.78 is 0. The smallest absolute Gasteiger partial charge is 0.241 e. The predicted octanol–water partition coefficient (Wildman–Crippen LogP) is 4.83. The van der Waals surface area contributed by atoms with Crippen LogP contribution < -0.4 is 4.90 Å². The van der Waals surface area contributed by atoms with Gasteiger partial charge in [0.05, 0.1) is 17.0 Å². The molecule has 3 aromatic rings. The van der Waals surface area contributed by atoms with Gasteiger partial charge in [-0.3, -0.25) is 9.59 Å². The molecule has 1 aliphatic heterocycles. The van der Waals surface area contributed by atoms with E-state index in [4.69, 9.17) is 11.6 Å². The van der Waals surface area contributed by atoms with E-state index in [1.165, 1.54) is 18.2 Å². The lowest BCUT2D eigenvalue weighted by Gasteiger charge is -2.51. The Morgan fingerprint density at radius 3 is 2.07 bits per heavy atom. The summed E-state index contributed by atoms with van der Waals surface area (Å²) in [7, 11) is 0. The van der Waals surface area contributed by atoms with Crippen LogP contribution in [0.1, 0.15) is 41.0 Å². The maximum atomic E-state index is 13.9. The van der Waals surface area contributed by atoms with Gasteiger partial charge in [-0.2, -0.15) is 0 Å².